The van der Waals surface area contributed by atoms with Gasteiger partial charge in [0.1, 0.15) is 11.8 Å². The summed E-state index contributed by atoms with van der Waals surface area (Å²) < 4.78 is 5.24. The summed E-state index contributed by atoms with van der Waals surface area (Å²) in [6.45, 7) is 0.915. The van der Waals surface area contributed by atoms with Crippen LogP contribution in [0.5, 0.6) is 0 Å². The zero-order chi connectivity index (χ0) is 16.9. The number of rotatable bonds is 6. The zero-order valence-electron chi connectivity index (χ0n) is 13.2. The Hall–Kier alpha value is -2.27. The summed E-state index contributed by atoms with van der Waals surface area (Å²) in [5.41, 5.74) is 0.961. The number of nitrogens with zero attached hydrogens (tertiary/aromatic N) is 1. The number of amides is 2. The molecule has 2 heterocycles. The summed E-state index contributed by atoms with van der Waals surface area (Å²) in [6, 6.07) is 10.6. The summed E-state index contributed by atoms with van der Waals surface area (Å²) in [7, 11) is 0. The Morgan fingerprint density at radius 3 is 2.79 bits per heavy atom. The molecule has 1 aliphatic rings. The molecule has 2 amide bonds. The minimum Gasteiger partial charge on any atom is -0.469 e. The van der Waals surface area contributed by atoms with Crippen LogP contribution in [-0.4, -0.2) is 29.3 Å². The lowest BCUT2D eigenvalue weighted by molar-refractivity contribution is -0.135. The molecule has 1 atom stereocenters. The van der Waals surface area contributed by atoms with E-state index in [1.165, 1.54) is 0 Å². The molecule has 1 N–H and O–H groups in total. The van der Waals surface area contributed by atoms with Gasteiger partial charge in [-0.2, -0.15) is 0 Å². The van der Waals surface area contributed by atoms with Crippen LogP contribution >= 0.6 is 11.6 Å². The molecular formula is C18H19ClN2O3. The maximum Gasteiger partial charge on any atom is 0.242 e. The molecule has 1 saturated heterocycles. The van der Waals surface area contributed by atoms with Crippen LogP contribution in [0.1, 0.15) is 24.2 Å². The topological polar surface area (TPSA) is 62.6 Å². The molecule has 126 valence electrons. The van der Waals surface area contributed by atoms with Crippen molar-refractivity contribution in [3.05, 3.63) is 59.0 Å². The van der Waals surface area contributed by atoms with E-state index >= 15 is 0 Å². The molecule has 3 rings (SSSR count). The van der Waals surface area contributed by atoms with E-state index in [0.29, 0.717) is 37.4 Å². The second-order valence-electron chi connectivity index (χ2n) is 5.82. The molecule has 6 heteroatoms. The molecule has 1 aromatic carbocycles. The number of hydrogen-bond acceptors (Lipinski definition) is 3. The van der Waals surface area contributed by atoms with Crippen molar-refractivity contribution in [3.63, 3.8) is 0 Å². The maximum atomic E-state index is 12.4. The van der Waals surface area contributed by atoms with Crippen LogP contribution in [0.3, 0.4) is 0 Å². The first-order valence-corrected chi connectivity index (χ1v) is 8.35. The van der Waals surface area contributed by atoms with Gasteiger partial charge < -0.3 is 14.6 Å². The van der Waals surface area contributed by atoms with E-state index in [9.17, 15) is 9.59 Å². The number of carbonyl (C=O) groups is 2. The molecule has 24 heavy (non-hydrogen) atoms. The van der Waals surface area contributed by atoms with Crippen molar-refractivity contribution in [1.29, 1.82) is 0 Å². The van der Waals surface area contributed by atoms with Crippen molar-refractivity contribution < 1.29 is 14.0 Å². The number of furan rings is 1. The normalized spacial score (nSPS) is 17.3. The molecule has 5 nitrogen and oxygen atoms in total. The third-order valence-corrected chi connectivity index (χ3v) is 4.40. The van der Waals surface area contributed by atoms with Crippen LogP contribution in [0.25, 0.3) is 0 Å². The summed E-state index contributed by atoms with van der Waals surface area (Å²) in [6.07, 6.45) is 3.21. The highest BCUT2D eigenvalue weighted by atomic mass is 35.5. The first kappa shape index (κ1) is 16.6. The SMILES string of the molecule is O=C(NCCc1ccco1)[C@H]1CCC(=O)N1Cc1ccc(Cl)cc1. The first-order chi connectivity index (χ1) is 11.6. The van der Waals surface area contributed by atoms with Gasteiger partial charge in [-0.1, -0.05) is 23.7 Å². The van der Waals surface area contributed by atoms with Crippen LogP contribution in [0.4, 0.5) is 0 Å². The van der Waals surface area contributed by atoms with Gasteiger partial charge in [-0.3, -0.25) is 9.59 Å². The summed E-state index contributed by atoms with van der Waals surface area (Å²) in [4.78, 5) is 26.2. The van der Waals surface area contributed by atoms with Crippen LogP contribution in [0.2, 0.25) is 5.02 Å². The highest BCUT2D eigenvalue weighted by molar-refractivity contribution is 6.30. The van der Waals surface area contributed by atoms with E-state index in [4.69, 9.17) is 16.0 Å². The lowest BCUT2D eigenvalue weighted by Crippen LogP contribution is -2.44. The fraction of sp³-hybridized carbons (Fsp3) is 0.333. The molecule has 1 fully saturated rings. The van der Waals surface area contributed by atoms with Crippen molar-refractivity contribution in [3.8, 4) is 0 Å². The lowest BCUT2D eigenvalue weighted by atomic mass is 10.1. The Kier molecular flexibility index (Phi) is 5.20. The second kappa shape index (κ2) is 7.53. The standard InChI is InChI=1S/C18H19ClN2O3/c19-14-5-3-13(4-6-14)12-21-16(7-8-17(21)22)18(23)20-10-9-15-2-1-11-24-15/h1-6,11,16H,7-10,12H2,(H,20,23)/t16-/m1/s1. The van der Waals surface area contributed by atoms with Gasteiger partial charge in [0.15, 0.2) is 0 Å². The van der Waals surface area contributed by atoms with Gasteiger partial charge in [-0.25, -0.2) is 0 Å². The average molecular weight is 347 g/mol. The lowest BCUT2D eigenvalue weighted by Gasteiger charge is -2.24. The van der Waals surface area contributed by atoms with Gasteiger partial charge in [-0.15, -0.1) is 0 Å². The summed E-state index contributed by atoms with van der Waals surface area (Å²) in [5.74, 6) is 0.730. The van der Waals surface area contributed by atoms with Crippen molar-refractivity contribution in [2.75, 3.05) is 6.54 Å². The first-order valence-electron chi connectivity index (χ1n) is 7.97. The predicted octanol–water partition coefficient (Wildman–Crippen LogP) is 2.78. The summed E-state index contributed by atoms with van der Waals surface area (Å²) in [5, 5.41) is 3.55. The minimum absolute atomic E-state index is 0.0103. The largest absolute Gasteiger partial charge is 0.469 e. The third-order valence-electron chi connectivity index (χ3n) is 4.15. The minimum atomic E-state index is -0.412. The van der Waals surface area contributed by atoms with E-state index in [0.717, 1.165) is 11.3 Å². The van der Waals surface area contributed by atoms with E-state index in [1.54, 1.807) is 23.3 Å². The fourth-order valence-corrected chi connectivity index (χ4v) is 3.00. The average Bonchev–Trinajstić information content (AvgIpc) is 3.20. The third kappa shape index (κ3) is 3.97. The van der Waals surface area contributed by atoms with Crippen molar-refractivity contribution in [1.82, 2.24) is 10.2 Å². The van der Waals surface area contributed by atoms with Crippen molar-refractivity contribution in [2.24, 2.45) is 0 Å². The monoisotopic (exact) mass is 346 g/mol. The molecule has 0 bridgehead atoms. The van der Waals surface area contributed by atoms with Gasteiger partial charge in [0.25, 0.3) is 0 Å². The van der Waals surface area contributed by atoms with Gasteiger partial charge in [0.05, 0.1) is 6.26 Å². The molecular weight excluding hydrogens is 328 g/mol. The molecule has 0 saturated carbocycles. The Morgan fingerprint density at radius 2 is 2.08 bits per heavy atom. The highest BCUT2D eigenvalue weighted by Crippen LogP contribution is 2.22. The Balaban J connectivity index is 1.57. The summed E-state index contributed by atoms with van der Waals surface area (Å²) >= 11 is 5.88. The second-order valence-corrected chi connectivity index (χ2v) is 6.26. The van der Waals surface area contributed by atoms with E-state index in [1.807, 2.05) is 24.3 Å². The number of hydrogen-bond donors (Lipinski definition) is 1. The number of carbonyl (C=O) groups excluding carboxylic acids is 2. The zero-order valence-corrected chi connectivity index (χ0v) is 14.0. The highest BCUT2D eigenvalue weighted by Gasteiger charge is 2.35. The number of benzene rings is 1. The maximum absolute atomic E-state index is 12.4. The number of likely N-dealkylation sites (tertiary alicyclic amines) is 1. The Bertz CT molecular complexity index is 698. The molecule has 0 radical (unpaired) electrons. The van der Waals surface area contributed by atoms with Gasteiger partial charge in [0.2, 0.25) is 11.8 Å². The Labute approximate surface area is 145 Å². The molecule has 0 spiro atoms. The van der Waals surface area contributed by atoms with E-state index < -0.39 is 6.04 Å². The fourth-order valence-electron chi connectivity index (χ4n) is 2.87. The van der Waals surface area contributed by atoms with Crippen molar-refractivity contribution in [2.45, 2.75) is 31.8 Å². The molecule has 0 aliphatic carbocycles. The van der Waals surface area contributed by atoms with Gasteiger partial charge in [0, 0.05) is 31.0 Å². The Morgan fingerprint density at radius 1 is 1.29 bits per heavy atom. The molecule has 1 aromatic heterocycles. The van der Waals surface area contributed by atoms with Crippen molar-refractivity contribution >= 4 is 23.4 Å². The van der Waals surface area contributed by atoms with Gasteiger partial charge >= 0.3 is 0 Å². The predicted molar refractivity (Wildman–Crippen MR) is 90.4 cm³/mol. The number of nitrogens with one attached hydrogen (secondary N) is 1. The van der Waals surface area contributed by atoms with E-state index in [2.05, 4.69) is 5.32 Å². The molecule has 1 aliphatic heterocycles. The smallest absolute Gasteiger partial charge is 0.242 e. The van der Waals surface area contributed by atoms with Crippen LogP contribution in [0, 0.1) is 0 Å². The van der Waals surface area contributed by atoms with Crippen LogP contribution in [-0.2, 0) is 22.6 Å². The molecule has 2 aromatic rings. The van der Waals surface area contributed by atoms with Crippen LogP contribution in [0.15, 0.2) is 47.1 Å². The van der Waals surface area contributed by atoms with Gasteiger partial charge in [-0.05, 0) is 36.2 Å². The quantitative estimate of drug-likeness (QED) is 0.874. The van der Waals surface area contributed by atoms with E-state index in [-0.39, 0.29) is 11.8 Å². The van der Waals surface area contributed by atoms with Crippen LogP contribution < -0.4 is 5.32 Å². The molecule has 0 unspecified atom stereocenters. The number of halogens is 1.